The maximum absolute atomic E-state index is 14.3. The summed E-state index contributed by atoms with van der Waals surface area (Å²) in [6.45, 7) is 10.3. The van der Waals surface area contributed by atoms with Crippen molar-refractivity contribution in [1.82, 2.24) is 10.2 Å². The fraction of sp³-hybridized carbons (Fsp3) is 0.780. The van der Waals surface area contributed by atoms with Crippen LogP contribution in [0.15, 0.2) is 47.7 Å². The molecule has 2 aliphatic heterocycles. The van der Waals surface area contributed by atoms with E-state index in [1.807, 2.05) is 12.1 Å². The van der Waals surface area contributed by atoms with Gasteiger partial charge in [-0.25, -0.2) is 9.59 Å². The van der Waals surface area contributed by atoms with Crippen LogP contribution >= 0.6 is 0 Å². The first-order valence-corrected chi connectivity index (χ1v) is 29.0. The molecule has 5 rings (SSSR count). The number of aliphatic hydroxyl groups is 2. The number of ether oxygens (including phenoxy) is 5. The van der Waals surface area contributed by atoms with Crippen LogP contribution < -0.4 is 14.8 Å². The third-order valence-electron chi connectivity index (χ3n) is 15.6. The van der Waals surface area contributed by atoms with E-state index in [0.717, 1.165) is 94.6 Å². The van der Waals surface area contributed by atoms with Crippen molar-refractivity contribution in [3.63, 3.8) is 0 Å². The molecule has 1 aromatic rings. The Kier molecular flexibility index (Phi) is 28.0. The number of rotatable bonds is 37. The Morgan fingerprint density at radius 2 is 1.47 bits per heavy atom. The van der Waals surface area contributed by atoms with E-state index in [9.17, 15) is 19.8 Å². The molecule has 72 heavy (non-hydrogen) atoms. The number of unbranched alkanes of at least 4 members (excludes halogenated alkanes) is 20. The smallest absolute Gasteiger partial charge is 0.412 e. The van der Waals surface area contributed by atoms with Crippen molar-refractivity contribution in [2.75, 3.05) is 46.6 Å². The molecule has 13 heteroatoms. The topological polar surface area (TPSA) is 158 Å². The van der Waals surface area contributed by atoms with Crippen LogP contribution in [0.2, 0.25) is 0 Å². The number of allylic oxidation sites excluding steroid dienone is 1. The lowest BCUT2D eigenvalue weighted by Crippen LogP contribution is -2.69. The zero-order valence-corrected chi connectivity index (χ0v) is 45.1. The number of fused-ring (bicyclic) bond motifs is 2. The molecule has 4 aliphatic rings. The summed E-state index contributed by atoms with van der Waals surface area (Å²) in [6.07, 6.45) is 34.1. The van der Waals surface area contributed by atoms with E-state index in [0.29, 0.717) is 49.8 Å². The maximum Gasteiger partial charge on any atom is 0.412 e. The van der Waals surface area contributed by atoms with Gasteiger partial charge in [0.2, 0.25) is 12.1 Å². The second kappa shape index (κ2) is 34.0. The second-order valence-electron chi connectivity index (χ2n) is 21.1. The second-order valence-corrected chi connectivity index (χ2v) is 21.1. The van der Waals surface area contributed by atoms with Gasteiger partial charge in [0, 0.05) is 51.1 Å². The van der Waals surface area contributed by atoms with Crippen molar-refractivity contribution < 1.29 is 48.3 Å². The molecule has 7 unspecified atom stereocenters. The molecular formula is C59H97N3O10. The summed E-state index contributed by atoms with van der Waals surface area (Å²) in [5.74, 6) is -1.09. The number of nitrogens with zero attached hydrogens (tertiary/aromatic N) is 2. The van der Waals surface area contributed by atoms with Gasteiger partial charge in [-0.2, -0.15) is 0 Å². The van der Waals surface area contributed by atoms with Crippen LogP contribution in [0, 0.1) is 17.8 Å². The Labute approximate surface area is 434 Å². The molecule has 3 N–H and O–H groups in total. The molecule has 2 fully saturated rings. The summed E-state index contributed by atoms with van der Waals surface area (Å²) < 4.78 is 32.4. The first kappa shape index (κ1) is 59.2. The number of benzene rings is 1. The SMILES string of the molecule is C=CCOC12Oc3ccc(OC(=O)NCCCCCCCCCCCC)cc3C3C(CCCCO)C(CCCCO)C=C(C(=NOC4CCCCO4)CC1N(C)C(=O)OCCCCCCCCCCCC)C32. The minimum Gasteiger partial charge on any atom is -0.459 e. The molecule has 2 aliphatic carbocycles. The summed E-state index contributed by atoms with van der Waals surface area (Å²) in [5, 5.41) is 27.9. The number of likely N-dealkylation sites (N-methyl/N-ethyl adjacent to an activating group) is 1. The van der Waals surface area contributed by atoms with Crippen molar-refractivity contribution in [2.24, 2.45) is 22.9 Å². The molecule has 0 bridgehead atoms. The van der Waals surface area contributed by atoms with Crippen molar-refractivity contribution in [1.29, 1.82) is 0 Å². The zero-order chi connectivity index (χ0) is 51.2. The van der Waals surface area contributed by atoms with Crippen LogP contribution in [0.25, 0.3) is 0 Å². The zero-order valence-electron chi connectivity index (χ0n) is 45.1. The van der Waals surface area contributed by atoms with Gasteiger partial charge in [0.25, 0.3) is 0 Å². The third-order valence-corrected chi connectivity index (χ3v) is 15.6. The fourth-order valence-corrected chi connectivity index (χ4v) is 11.6. The largest absolute Gasteiger partial charge is 0.459 e. The first-order valence-electron chi connectivity index (χ1n) is 29.0. The number of hydrogen-bond acceptors (Lipinski definition) is 11. The molecule has 0 aromatic heterocycles. The normalized spacial score (nSPS) is 23.8. The first-order chi connectivity index (χ1) is 35.3. The number of nitrogens with one attached hydrogen (secondary N) is 1. The van der Waals surface area contributed by atoms with Crippen LogP contribution in [0.4, 0.5) is 9.59 Å². The summed E-state index contributed by atoms with van der Waals surface area (Å²) in [6, 6.07) is 4.88. The number of carbonyl (C=O) groups excluding carboxylic acids is 2. The highest BCUT2D eigenvalue weighted by atomic mass is 16.8. The molecule has 2 heterocycles. The van der Waals surface area contributed by atoms with Crippen molar-refractivity contribution in [2.45, 2.75) is 231 Å². The molecule has 13 nitrogen and oxygen atoms in total. The monoisotopic (exact) mass is 1010 g/mol. The predicted octanol–water partition coefficient (Wildman–Crippen LogP) is 13.8. The van der Waals surface area contributed by atoms with Gasteiger partial charge in [0.1, 0.15) is 17.5 Å². The Morgan fingerprint density at radius 3 is 2.10 bits per heavy atom. The number of hydrogen-bond donors (Lipinski definition) is 3. The molecule has 1 saturated carbocycles. The highest BCUT2D eigenvalue weighted by Crippen LogP contribution is 2.62. The third kappa shape index (κ3) is 18.3. The van der Waals surface area contributed by atoms with Gasteiger partial charge in [-0.05, 0) is 87.0 Å². The molecule has 0 spiro atoms. The lowest BCUT2D eigenvalue weighted by molar-refractivity contribution is -0.254. The Bertz CT molecular complexity index is 1770. The Hall–Kier alpha value is -3.65. The van der Waals surface area contributed by atoms with E-state index in [1.165, 1.54) is 89.9 Å². The quantitative estimate of drug-likeness (QED) is 0.0333. The van der Waals surface area contributed by atoms with E-state index >= 15 is 0 Å². The molecule has 0 radical (unpaired) electrons. The van der Waals surface area contributed by atoms with Crippen molar-refractivity contribution in [3.05, 3.63) is 48.1 Å². The van der Waals surface area contributed by atoms with Gasteiger partial charge >= 0.3 is 12.2 Å². The lowest BCUT2D eigenvalue weighted by atomic mass is 9.55. The van der Waals surface area contributed by atoms with Crippen LogP contribution in [0.1, 0.15) is 218 Å². The van der Waals surface area contributed by atoms with Gasteiger partial charge in [-0.15, -0.1) is 6.58 Å². The molecule has 408 valence electrons. The van der Waals surface area contributed by atoms with Gasteiger partial charge < -0.3 is 49.0 Å². The molecule has 1 aromatic carbocycles. The van der Waals surface area contributed by atoms with E-state index in [1.54, 1.807) is 24.1 Å². The van der Waals surface area contributed by atoms with E-state index in [2.05, 4.69) is 31.8 Å². The predicted molar refractivity (Wildman–Crippen MR) is 286 cm³/mol. The summed E-state index contributed by atoms with van der Waals surface area (Å²) in [5.41, 5.74) is 2.51. The minimum atomic E-state index is -1.41. The highest BCUT2D eigenvalue weighted by Gasteiger charge is 2.65. The number of oxime groups is 1. The average Bonchev–Trinajstić information content (AvgIpc) is 3.39. The Morgan fingerprint density at radius 1 is 0.833 bits per heavy atom. The molecule has 2 amide bonds. The van der Waals surface area contributed by atoms with Gasteiger partial charge in [-0.3, -0.25) is 0 Å². The van der Waals surface area contributed by atoms with Crippen LogP contribution in [0.5, 0.6) is 11.5 Å². The fourth-order valence-electron chi connectivity index (χ4n) is 11.6. The molecular weight excluding hydrogens is 911 g/mol. The Balaban J connectivity index is 1.44. The average molecular weight is 1010 g/mol. The summed E-state index contributed by atoms with van der Waals surface area (Å²) in [4.78, 5) is 35.6. The van der Waals surface area contributed by atoms with E-state index in [-0.39, 0.29) is 44.0 Å². The van der Waals surface area contributed by atoms with E-state index < -0.39 is 36.2 Å². The van der Waals surface area contributed by atoms with Gasteiger partial charge in [-0.1, -0.05) is 160 Å². The van der Waals surface area contributed by atoms with Gasteiger partial charge in [0.05, 0.1) is 31.5 Å². The van der Waals surface area contributed by atoms with Crippen molar-refractivity contribution >= 4 is 17.9 Å². The van der Waals surface area contributed by atoms with Gasteiger partial charge in [0.15, 0.2) is 0 Å². The summed E-state index contributed by atoms with van der Waals surface area (Å²) >= 11 is 0. The van der Waals surface area contributed by atoms with E-state index in [4.69, 9.17) is 33.7 Å². The van der Waals surface area contributed by atoms with Crippen LogP contribution in [0.3, 0.4) is 0 Å². The van der Waals surface area contributed by atoms with Crippen LogP contribution in [-0.2, 0) is 19.0 Å². The number of amides is 2. The van der Waals surface area contributed by atoms with Crippen molar-refractivity contribution in [3.8, 4) is 11.5 Å². The standard InChI is InChI=1S/C59H97N3O10/c1-5-8-10-12-14-16-18-20-22-27-37-60-57(65)70-47-35-36-52-50(44-47)55-48(33-25-29-39-64)46(32-24-28-38-63)43-49-51(61-72-54-34-26-31-41-67-54)45-53(59(71-52,56(49)55)69-40-7-3)62(4)58(66)68-42-30-23-21-19-17-15-13-11-9-6-2/h7,35-36,43-44,46,48,53-56,63-64H,3,5-6,8-34,37-42,45H2,1-2,4H3,(H,60,65). The van der Waals surface area contributed by atoms with Crippen LogP contribution in [-0.4, -0.2) is 97.8 Å². The maximum atomic E-state index is 14.3. The number of carbonyl (C=O) groups is 2. The summed E-state index contributed by atoms with van der Waals surface area (Å²) in [7, 11) is 1.76. The molecule has 1 saturated heterocycles. The lowest BCUT2D eigenvalue weighted by Gasteiger charge is -2.59. The highest BCUT2D eigenvalue weighted by molar-refractivity contribution is 6.03. The molecule has 7 atom stereocenters. The minimum absolute atomic E-state index is 0.0231. The number of aliphatic hydroxyl groups excluding tert-OH is 2.